The standard InChI is InChI=1S/C22H19ClN2O5S/c1-15-5-8-19(9-6-15)31(27,28)25(18-4-2-3-16(23)11-18)13-22(26)24-17-7-10-20-21(12-17)30-14-29-20/h2-12H,13-14H2,1H3,(H,24,26). The van der Waals surface area contributed by atoms with Crippen molar-refractivity contribution in [1.29, 1.82) is 0 Å². The Morgan fingerprint density at radius 2 is 1.77 bits per heavy atom. The molecule has 0 atom stereocenters. The molecule has 0 spiro atoms. The molecule has 1 amide bonds. The summed E-state index contributed by atoms with van der Waals surface area (Å²) in [5.74, 6) is 0.576. The Morgan fingerprint density at radius 3 is 2.52 bits per heavy atom. The molecule has 0 unspecified atom stereocenters. The van der Waals surface area contributed by atoms with Crippen LogP contribution in [-0.2, 0) is 14.8 Å². The second-order valence-electron chi connectivity index (χ2n) is 6.92. The number of hydrogen-bond donors (Lipinski definition) is 1. The van der Waals surface area contributed by atoms with Crippen molar-refractivity contribution in [2.45, 2.75) is 11.8 Å². The second-order valence-corrected chi connectivity index (χ2v) is 9.22. The second kappa shape index (κ2) is 8.49. The summed E-state index contributed by atoms with van der Waals surface area (Å²) in [4.78, 5) is 12.9. The molecule has 0 fully saturated rings. The Morgan fingerprint density at radius 1 is 1.03 bits per heavy atom. The van der Waals surface area contributed by atoms with Crippen LogP contribution >= 0.6 is 11.6 Å². The summed E-state index contributed by atoms with van der Waals surface area (Å²) in [6.45, 7) is 1.54. The van der Waals surface area contributed by atoms with Crippen LogP contribution in [0.25, 0.3) is 0 Å². The molecule has 0 radical (unpaired) electrons. The van der Waals surface area contributed by atoms with Gasteiger partial charge in [0.15, 0.2) is 11.5 Å². The summed E-state index contributed by atoms with van der Waals surface area (Å²) in [5.41, 5.74) is 1.68. The first-order valence-corrected chi connectivity index (χ1v) is 11.2. The summed E-state index contributed by atoms with van der Waals surface area (Å²) in [5, 5.41) is 3.06. The first-order chi connectivity index (χ1) is 14.8. The zero-order chi connectivity index (χ0) is 22.0. The van der Waals surface area contributed by atoms with E-state index in [1.165, 1.54) is 18.2 Å². The fourth-order valence-corrected chi connectivity index (χ4v) is 4.69. The lowest BCUT2D eigenvalue weighted by Crippen LogP contribution is -2.38. The van der Waals surface area contributed by atoms with Gasteiger partial charge in [-0.2, -0.15) is 0 Å². The van der Waals surface area contributed by atoms with Crippen LogP contribution < -0.4 is 19.1 Å². The van der Waals surface area contributed by atoms with Gasteiger partial charge in [-0.15, -0.1) is 0 Å². The van der Waals surface area contributed by atoms with E-state index >= 15 is 0 Å². The van der Waals surface area contributed by atoms with Crippen LogP contribution in [0.3, 0.4) is 0 Å². The van der Waals surface area contributed by atoms with Gasteiger partial charge < -0.3 is 14.8 Å². The number of carbonyl (C=O) groups is 1. The van der Waals surface area contributed by atoms with Gasteiger partial charge in [-0.3, -0.25) is 9.10 Å². The maximum absolute atomic E-state index is 13.4. The molecule has 3 aromatic carbocycles. The minimum atomic E-state index is -4.02. The summed E-state index contributed by atoms with van der Waals surface area (Å²) < 4.78 is 38.3. The SMILES string of the molecule is Cc1ccc(S(=O)(=O)N(CC(=O)Nc2ccc3c(c2)OCO3)c2cccc(Cl)c2)cc1. The van der Waals surface area contributed by atoms with E-state index in [-0.39, 0.29) is 17.4 Å². The Kier molecular flexibility index (Phi) is 5.75. The highest BCUT2D eigenvalue weighted by molar-refractivity contribution is 7.92. The van der Waals surface area contributed by atoms with Crippen LogP contribution in [0.2, 0.25) is 5.02 Å². The van der Waals surface area contributed by atoms with Gasteiger partial charge in [0.05, 0.1) is 10.6 Å². The van der Waals surface area contributed by atoms with Crippen LogP contribution in [0.5, 0.6) is 11.5 Å². The molecule has 9 heteroatoms. The van der Waals surface area contributed by atoms with Crippen LogP contribution in [0.4, 0.5) is 11.4 Å². The molecule has 0 aliphatic carbocycles. The number of nitrogens with one attached hydrogen (secondary N) is 1. The highest BCUT2D eigenvalue weighted by atomic mass is 35.5. The number of carbonyl (C=O) groups excluding carboxylic acids is 1. The molecule has 160 valence electrons. The molecular formula is C22H19ClN2O5S. The van der Waals surface area contributed by atoms with Crippen LogP contribution in [0.15, 0.2) is 71.6 Å². The van der Waals surface area contributed by atoms with Gasteiger partial charge >= 0.3 is 0 Å². The Hall–Kier alpha value is -3.23. The molecule has 1 N–H and O–H groups in total. The molecule has 1 aliphatic rings. The quantitative estimate of drug-likeness (QED) is 0.598. The normalized spacial score (nSPS) is 12.5. The lowest BCUT2D eigenvalue weighted by Gasteiger charge is -2.24. The number of benzene rings is 3. The first-order valence-electron chi connectivity index (χ1n) is 9.37. The topological polar surface area (TPSA) is 84.9 Å². The average molecular weight is 459 g/mol. The van der Waals surface area contributed by atoms with Gasteiger partial charge in [0.1, 0.15) is 6.54 Å². The first kappa shape index (κ1) is 21.0. The third-order valence-electron chi connectivity index (χ3n) is 4.65. The number of halogens is 1. The largest absolute Gasteiger partial charge is 0.454 e. The van der Waals surface area contributed by atoms with Crippen molar-refractivity contribution in [3.8, 4) is 11.5 Å². The van der Waals surface area contributed by atoms with Crippen LogP contribution in [0.1, 0.15) is 5.56 Å². The molecule has 4 rings (SSSR count). The molecule has 0 saturated heterocycles. The van der Waals surface area contributed by atoms with E-state index in [0.29, 0.717) is 22.2 Å². The highest BCUT2D eigenvalue weighted by Crippen LogP contribution is 2.34. The predicted octanol–water partition coefficient (Wildman–Crippen LogP) is 4.21. The summed E-state index contributed by atoms with van der Waals surface area (Å²) in [6, 6.07) is 17.7. The van der Waals surface area contributed by atoms with Crippen molar-refractivity contribution in [3.05, 3.63) is 77.3 Å². The summed E-state index contributed by atoms with van der Waals surface area (Å²) >= 11 is 6.08. The van der Waals surface area contributed by atoms with E-state index in [0.717, 1.165) is 9.87 Å². The smallest absolute Gasteiger partial charge is 0.264 e. The summed E-state index contributed by atoms with van der Waals surface area (Å²) in [6.07, 6.45) is 0. The minimum Gasteiger partial charge on any atom is -0.454 e. The zero-order valence-corrected chi connectivity index (χ0v) is 18.1. The number of nitrogens with zero attached hydrogens (tertiary/aromatic N) is 1. The molecule has 31 heavy (non-hydrogen) atoms. The van der Waals surface area contributed by atoms with Gasteiger partial charge in [0, 0.05) is 16.8 Å². The van der Waals surface area contributed by atoms with E-state index in [4.69, 9.17) is 21.1 Å². The van der Waals surface area contributed by atoms with Crippen LogP contribution in [0, 0.1) is 6.92 Å². The van der Waals surface area contributed by atoms with Gasteiger partial charge in [0.25, 0.3) is 10.0 Å². The number of anilines is 2. The minimum absolute atomic E-state index is 0.0777. The lowest BCUT2D eigenvalue weighted by molar-refractivity contribution is -0.114. The van der Waals surface area contributed by atoms with E-state index in [2.05, 4.69) is 5.32 Å². The van der Waals surface area contributed by atoms with E-state index in [9.17, 15) is 13.2 Å². The number of amides is 1. The maximum atomic E-state index is 13.4. The number of fused-ring (bicyclic) bond motifs is 1. The fraction of sp³-hybridized carbons (Fsp3) is 0.136. The van der Waals surface area contributed by atoms with Crippen molar-refractivity contribution in [2.24, 2.45) is 0 Å². The van der Waals surface area contributed by atoms with Crippen molar-refractivity contribution in [1.82, 2.24) is 0 Å². The van der Waals surface area contributed by atoms with E-state index in [1.54, 1.807) is 48.5 Å². The van der Waals surface area contributed by atoms with Crippen LogP contribution in [-0.4, -0.2) is 27.7 Å². The van der Waals surface area contributed by atoms with Gasteiger partial charge in [0.2, 0.25) is 12.7 Å². The Labute approximate surface area is 185 Å². The average Bonchev–Trinajstić information content (AvgIpc) is 3.20. The third-order valence-corrected chi connectivity index (χ3v) is 6.67. The highest BCUT2D eigenvalue weighted by Gasteiger charge is 2.27. The third kappa shape index (κ3) is 4.60. The fourth-order valence-electron chi connectivity index (χ4n) is 3.09. The Balaban J connectivity index is 1.63. The van der Waals surface area contributed by atoms with Crippen molar-refractivity contribution >= 4 is 38.9 Å². The monoisotopic (exact) mass is 458 g/mol. The molecular weight excluding hydrogens is 440 g/mol. The number of sulfonamides is 1. The molecule has 0 bridgehead atoms. The Bertz CT molecular complexity index is 1230. The molecule has 3 aromatic rings. The number of ether oxygens (including phenoxy) is 2. The maximum Gasteiger partial charge on any atom is 0.264 e. The van der Waals surface area contributed by atoms with Gasteiger partial charge in [-0.1, -0.05) is 35.4 Å². The number of aryl methyl sites for hydroxylation is 1. The van der Waals surface area contributed by atoms with E-state index < -0.39 is 22.5 Å². The molecule has 1 aliphatic heterocycles. The van der Waals surface area contributed by atoms with Gasteiger partial charge in [-0.25, -0.2) is 8.42 Å². The molecule has 1 heterocycles. The van der Waals surface area contributed by atoms with Crippen molar-refractivity contribution < 1.29 is 22.7 Å². The van der Waals surface area contributed by atoms with Crippen molar-refractivity contribution in [2.75, 3.05) is 23.0 Å². The predicted molar refractivity (Wildman–Crippen MR) is 118 cm³/mol. The zero-order valence-electron chi connectivity index (χ0n) is 16.5. The van der Waals surface area contributed by atoms with E-state index in [1.807, 2.05) is 6.92 Å². The lowest BCUT2D eigenvalue weighted by atomic mass is 10.2. The summed E-state index contributed by atoms with van der Waals surface area (Å²) in [7, 11) is -4.02. The molecule has 0 saturated carbocycles. The van der Waals surface area contributed by atoms with Gasteiger partial charge in [-0.05, 0) is 49.4 Å². The molecule has 7 nitrogen and oxygen atoms in total. The van der Waals surface area contributed by atoms with Crippen molar-refractivity contribution in [3.63, 3.8) is 0 Å². The molecule has 0 aromatic heterocycles. The number of hydrogen-bond acceptors (Lipinski definition) is 5. The number of rotatable bonds is 6.